The fourth-order valence-electron chi connectivity index (χ4n) is 7.55. The minimum absolute atomic E-state index is 0.202. The van der Waals surface area contributed by atoms with E-state index in [1.807, 2.05) is 106 Å². The molecule has 0 radical (unpaired) electrons. The molecule has 0 saturated heterocycles. The van der Waals surface area contributed by atoms with E-state index in [0.717, 1.165) is 43.6 Å². The first-order valence-corrected chi connectivity index (χ1v) is 15.5. The number of aromatic hydroxyl groups is 4. The van der Waals surface area contributed by atoms with Crippen LogP contribution in [0.25, 0.3) is 55.0 Å². The van der Waals surface area contributed by atoms with Gasteiger partial charge in [-0.3, -0.25) is 9.59 Å². The number of para-hydroxylation sites is 4. The third-order valence-electron chi connectivity index (χ3n) is 9.63. The Balaban J connectivity index is 1.09. The molecule has 48 heavy (non-hydrogen) atoms. The van der Waals surface area contributed by atoms with E-state index in [9.17, 15) is 30.0 Å². The summed E-state index contributed by atoms with van der Waals surface area (Å²) in [6, 6.07) is 36.8. The van der Waals surface area contributed by atoms with Crippen molar-refractivity contribution in [3.05, 3.63) is 132 Å². The van der Waals surface area contributed by atoms with Gasteiger partial charge in [-0.05, 0) is 24.3 Å². The molecule has 0 amide bonds. The molecule has 1 aliphatic rings. The molecular formula is C40H26N2O6. The average molecular weight is 631 g/mol. The second kappa shape index (κ2) is 9.98. The van der Waals surface area contributed by atoms with E-state index in [2.05, 4.69) is 0 Å². The molecule has 232 valence electrons. The number of hydrogen-bond acceptors (Lipinski definition) is 6. The Hall–Kier alpha value is -6.54. The van der Waals surface area contributed by atoms with E-state index in [1.54, 1.807) is 0 Å². The number of hydrogen-bond donors (Lipinski definition) is 4. The molecule has 4 N–H and O–H groups in total. The summed E-state index contributed by atoms with van der Waals surface area (Å²) in [5, 5.41) is 48.7. The number of aromatic nitrogens is 2. The number of benzene rings is 6. The zero-order valence-corrected chi connectivity index (χ0v) is 25.2. The smallest absolute Gasteiger partial charge is 0.163 e. The Labute approximate surface area is 272 Å². The molecule has 1 aliphatic carbocycles. The van der Waals surface area contributed by atoms with Crippen molar-refractivity contribution in [2.75, 3.05) is 0 Å². The van der Waals surface area contributed by atoms with Crippen molar-refractivity contribution in [2.24, 2.45) is 0 Å². The fraction of sp³-hybridized carbons (Fsp3) is 0.0500. The van der Waals surface area contributed by atoms with Crippen LogP contribution in [-0.4, -0.2) is 41.1 Å². The van der Waals surface area contributed by atoms with E-state index < -0.39 is 46.4 Å². The molecule has 2 aromatic heterocycles. The number of nitrogens with zero attached hydrogens (tertiary/aromatic N) is 2. The minimum atomic E-state index is -1.46. The van der Waals surface area contributed by atoms with E-state index in [1.165, 1.54) is 24.3 Å². The Morgan fingerprint density at radius 3 is 0.917 bits per heavy atom. The summed E-state index contributed by atoms with van der Waals surface area (Å²) >= 11 is 0. The van der Waals surface area contributed by atoms with Gasteiger partial charge in [0, 0.05) is 45.8 Å². The molecule has 0 atom stereocenters. The quantitative estimate of drug-likeness (QED) is 0.148. The molecule has 2 heterocycles. The normalized spacial score (nSPS) is 16.3. The van der Waals surface area contributed by atoms with Crippen molar-refractivity contribution in [3.8, 4) is 34.4 Å². The minimum Gasteiger partial charge on any atom is -0.507 e. The van der Waals surface area contributed by atoms with Crippen LogP contribution in [-0.2, 0) is 9.59 Å². The average Bonchev–Trinajstić information content (AvgIpc) is 3.61. The number of carbonyl (C=O) groups excluding carboxylic acids is 2. The molecule has 8 nitrogen and oxygen atoms in total. The van der Waals surface area contributed by atoms with Gasteiger partial charge in [0.15, 0.2) is 11.6 Å². The number of carbonyl (C=O) groups is 2. The first-order chi connectivity index (χ1) is 23.3. The van der Waals surface area contributed by atoms with Gasteiger partial charge in [0.05, 0.1) is 44.6 Å². The summed E-state index contributed by atoms with van der Waals surface area (Å²) in [6.45, 7) is 0. The second-order valence-electron chi connectivity index (χ2n) is 12.2. The van der Waals surface area contributed by atoms with Gasteiger partial charge in [0.25, 0.3) is 0 Å². The van der Waals surface area contributed by atoms with E-state index in [4.69, 9.17) is 0 Å². The Morgan fingerprint density at radius 2 is 0.646 bits per heavy atom. The van der Waals surface area contributed by atoms with Crippen LogP contribution in [0.15, 0.2) is 121 Å². The van der Waals surface area contributed by atoms with Crippen LogP contribution in [0.1, 0.15) is 23.0 Å². The summed E-state index contributed by atoms with van der Waals surface area (Å²) in [4.78, 5) is 27.3. The number of Topliss-reactive ketones (excluding diaryl/α,β-unsaturated/α-hetero) is 2. The van der Waals surface area contributed by atoms with Gasteiger partial charge in [-0.2, -0.15) is 0 Å². The van der Waals surface area contributed by atoms with Gasteiger partial charge in [-0.1, -0.05) is 72.8 Å². The van der Waals surface area contributed by atoms with Gasteiger partial charge in [-0.15, -0.1) is 0 Å². The van der Waals surface area contributed by atoms with Crippen LogP contribution in [0.5, 0.6) is 23.0 Å². The molecular weight excluding hydrogens is 604 g/mol. The topological polar surface area (TPSA) is 125 Å². The number of phenols is 4. The molecule has 8 heteroatoms. The van der Waals surface area contributed by atoms with E-state index in [-0.39, 0.29) is 11.1 Å². The Bertz CT molecular complexity index is 2330. The molecule has 0 aliphatic heterocycles. The van der Waals surface area contributed by atoms with Gasteiger partial charge in [0.2, 0.25) is 0 Å². The number of fused-ring (bicyclic) bond motifs is 6. The second-order valence-corrected chi connectivity index (χ2v) is 12.2. The summed E-state index contributed by atoms with van der Waals surface area (Å²) in [5.74, 6) is -5.86. The standard InChI is InChI=1S/C40H26N2O6/c43-31-17-21(41-27-13-5-1-9-23(27)24-10-2-6-14-28(24)41)18-32(44)35(31)37-39(47)38(40(37)48)36-33(45)19-22(20-34(36)46)42-29-15-7-3-11-25(29)26-12-4-8-16-30(26)42/h1-20,37-38,43-46H. The van der Waals surface area contributed by atoms with Crippen molar-refractivity contribution in [1.29, 1.82) is 0 Å². The first kappa shape index (κ1) is 27.7. The monoisotopic (exact) mass is 630 g/mol. The van der Waals surface area contributed by atoms with Crippen LogP contribution in [0.4, 0.5) is 0 Å². The highest BCUT2D eigenvalue weighted by Crippen LogP contribution is 2.52. The molecule has 1 saturated carbocycles. The van der Waals surface area contributed by atoms with Gasteiger partial charge in [-0.25, -0.2) is 0 Å². The third-order valence-corrected chi connectivity index (χ3v) is 9.63. The molecule has 0 unspecified atom stereocenters. The lowest BCUT2D eigenvalue weighted by atomic mass is 9.65. The lowest BCUT2D eigenvalue weighted by Gasteiger charge is -2.33. The summed E-state index contributed by atoms with van der Waals surface area (Å²) in [6.07, 6.45) is 0. The lowest BCUT2D eigenvalue weighted by Crippen LogP contribution is -2.44. The first-order valence-electron chi connectivity index (χ1n) is 15.5. The van der Waals surface area contributed by atoms with Crippen molar-refractivity contribution >= 4 is 55.2 Å². The third kappa shape index (κ3) is 3.71. The lowest BCUT2D eigenvalue weighted by molar-refractivity contribution is -0.142. The maximum atomic E-state index is 13.6. The number of ketones is 2. The van der Waals surface area contributed by atoms with E-state index in [0.29, 0.717) is 11.4 Å². The van der Waals surface area contributed by atoms with Crippen LogP contribution in [0.3, 0.4) is 0 Å². The molecule has 9 rings (SSSR count). The van der Waals surface area contributed by atoms with Gasteiger partial charge >= 0.3 is 0 Å². The maximum Gasteiger partial charge on any atom is 0.163 e. The summed E-state index contributed by atoms with van der Waals surface area (Å²) in [5.41, 5.74) is 3.94. The van der Waals surface area contributed by atoms with Crippen LogP contribution in [0.2, 0.25) is 0 Å². The Morgan fingerprint density at radius 1 is 0.396 bits per heavy atom. The summed E-state index contributed by atoms with van der Waals surface area (Å²) < 4.78 is 3.80. The van der Waals surface area contributed by atoms with Crippen molar-refractivity contribution in [3.63, 3.8) is 0 Å². The molecule has 1 fully saturated rings. The largest absolute Gasteiger partial charge is 0.507 e. The molecule has 6 aromatic carbocycles. The molecule has 8 aromatic rings. The Kier molecular flexibility index (Phi) is 5.77. The predicted molar refractivity (Wildman–Crippen MR) is 184 cm³/mol. The van der Waals surface area contributed by atoms with Crippen molar-refractivity contribution in [2.45, 2.75) is 11.8 Å². The zero-order valence-electron chi connectivity index (χ0n) is 25.2. The van der Waals surface area contributed by atoms with Crippen LogP contribution < -0.4 is 0 Å². The number of phenolic OH excluding ortho intramolecular Hbond substituents is 4. The van der Waals surface area contributed by atoms with E-state index >= 15 is 0 Å². The maximum absolute atomic E-state index is 13.6. The predicted octanol–water partition coefficient (Wildman–Crippen LogP) is 7.72. The van der Waals surface area contributed by atoms with Crippen molar-refractivity contribution in [1.82, 2.24) is 9.13 Å². The summed E-state index contributed by atoms with van der Waals surface area (Å²) in [7, 11) is 0. The number of rotatable bonds is 4. The molecule has 0 spiro atoms. The van der Waals surface area contributed by atoms with Gasteiger partial charge < -0.3 is 29.6 Å². The highest BCUT2D eigenvalue weighted by molar-refractivity contribution is 6.32. The van der Waals surface area contributed by atoms with Crippen molar-refractivity contribution < 1.29 is 30.0 Å². The zero-order chi connectivity index (χ0) is 32.8. The fourth-order valence-corrected chi connectivity index (χ4v) is 7.55. The molecule has 0 bridgehead atoms. The highest BCUT2D eigenvalue weighted by Gasteiger charge is 2.54. The van der Waals surface area contributed by atoms with Gasteiger partial charge in [0.1, 0.15) is 34.8 Å². The SMILES string of the molecule is O=C1C(c2c(O)cc(-n3c4ccccc4c4ccccc43)cc2O)C(=O)C1c1c(O)cc(-n2c3ccccc3c3ccccc32)cc1O. The highest BCUT2D eigenvalue weighted by atomic mass is 16.3. The van der Waals surface area contributed by atoms with Crippen LogP contribution >= 0.6 is 0 Å². The van der Waals surface area contributed by atoms with Crippen LogP contribution in [0, 0.1) is 0 Å².